The molecule has 2 aromatic carbocycles. The first-order valence-corrected chi connectivity index (χ1v) is 23.9. The molecule has 0 saturated heterocycles. The Hall–Kier alpha value is -6.66. The molecule has 1 unspecified atom stereocenters. The molecule has 6 aliphatic rings. The molecule has 0 radical (unpaired) electrons. The van der Waals surface area contributed by atoms with Crippen molar-refractivity contribution in [2.45, 2.75) is 120 Å². The summed E-state index contributed by atoms with van der Waals surface area (Å²) >= 11 is 0. The number of carbonyl (C=O) groups is 4. The van der Waals surface area contributed by atoms with E-state index < -0.39 is 18.1 Å². The van der Waals surface area contributed by atoms with Crippen molar-refractivity contribution in [1.82, 2.24) is 35.5 Å². The second-order valence-electron chi connectivity index (χ2n) is 18.3. The van der Waals surface area contributed by atoms with Crippen molar-refractivity contribution < 1.29 is 48.5 Å². The van der Waals surface area contributed by atoms with E-state index in [-0.39, 0.29) is 43.8 Å². The van der Waals surface area contributed by atoms with Crippen molar-refractivity contribution in [1.29, 1.82) is 0 Å². The van der Waals surface area contributed by atoms with Gasteiger partial charge in [-0.25, -0.2) is 19.6 Å². The van der Waals surface area contributed by atoms with Gasteiger partial charge in [0.15, 0.2) is 0 Å². The molecule has 0 saturated carbocycles. The van der Waals surface area contributed by atoms with Crippen LogP contribution in [0.4, 0.5) is 4.79 Å². The van der Waals surface area contributed by atoms with Crippen molar-refractivity contribution in [2.24, 2.45) is 13.0 Å². The molecule has 9 heterocycles. The minimum absolute atomic E-state index is 0. The fourth-order valence-electron chi connectivity index (χ4n) is 9.26. The van der Waals surface area contributed by atoms with Gasteiger partial charge in [0.2, 0.25) is 11.8 Å². The van der Waals surface area contributed by atoms with E-state index in [1.165, 1.54) is 11.1 Å². The zero-order valence-corrected chi connectivity index (χ0v) is 45.0. The van der Waals surface area contributed by atoms with E-state index in [2.05, 4.69) is 93.4 Å². The molecule has 11 rings (SSSR count). The molecule has 12 bridgehead atoms. The Morgan fingerprint density at radius 2 is 1.23 bits per heavy atom. The predicted octanol–water partition coefficient (Wildman–Crippen LogP) is 10.1. The zero-order chi connectivity index (χ0) is 49.5. The van der Waals surface area contributed by atoms with Crippen molar-refractivity contribution in [3.8, 4) is 0 Å². The number of nitrogens with zero attached hydrogens (tertiary/aromatic N) is 4. The molecule has 4 N–H and O–H groups in total. The Balaban J connectivity index is 0.000000359. The molecule has 0 fully saturated rings. The van der Waals surface area contributed by atoms with Crippen LogP contribution in [0.3, 0.4) is 0 Å². The third-order valence-electron chi connectivity index (χ3n) is 13.5. The maximum atomic E-state index is 13.3. The van der Waals surface area contributed by atoms with E-state index in [1.54, 1.807) is 13.8 Å². The Morgan fingerprint density at radius 3 is 1.77 bits per heavy atom. The SMILES string of the molecule is CC(C)C(NC(=O)OCc1ccccc1)C(=O)O.CCC1=C(C)c2cc3c4c(C)c(cc5nc(cc6[n-]c(cc1n2)c(C)c6CCC(=O)NCc1ccc(cc1)CNC(=O)CC4)C(C)=C5CC)n3C.[Zn]. The van der Waals surface area contributed by atoms with Crippen LogP contribution in [0.1, 0.15) is 129 Å². The summed E-state index contributed by atoms with van der Waals surface area (Å²) in [6.07, 6.45) is 2.81. The molecule has 3 aromatic heterocycles. The summed E-state index contributed by atoms with van der Waals surface area (Å²) < 4.78 is 7.19. The largest absolute Gasteiger partial charge is 0.657 e. The molecular weight excluding hydrogens is 932 g/mol. The quantitative estimate of drug-likeness (QED) is 0.116. The number of rotatable bonds is 7. The number of benzene rings is 2. The van der Waals surface area contributed by atoms with Crippen LogP contribution in [0, 0.1) is 19.8 Å². The number of hydrogen-bond acceptors (Lipinski definition) is 7. The predicted molar refractivity (Wildman–Crippen MR) is 272 cm³/mol. The van der Waals surface area contributed by atoms with Gasteiger partial charge in [0.1, 0.15) is 12.6 Å². The molecule has 1 atom stereocenters. The average Bonchev–Trinajstić information content (AvgIpc) is 3.98. The molecule has 3 amide bonds. The number of alkyl carbamates (subject to hydrolysis) is 1. The van der Waals surface area contributed by atoms with Crippen molar-refractivity contribution in [2.75, 3.05) is 0 Å². The summed E-state index contributed by atoms with van der Waals surface area (Å²) in [5.74, 6) is -1.28. The van der Waals surface area contributed by atoms with Crippen LogP contribution in [0.15, 0.2) is 78.9 Å². The molecule has 362 valence electrons. The molecule has 70 heavy (non-hydrogen) atoms. The smallest absolute Gasteiger partial charge is 0.408 e. The molecule has 5 aromatic rings. The average molecular weight is 997 g/mol. The first-order valence-electron chi connectivity index (χ1n) is 23.9. The normalized spacial score (nSPS) is 14.5. The molecule has 0 spiro atoms. The van der Waals surface area contributed by atoms with Gasteiger partial charge in [0, 0.05) is 63.5 Å². The summed E-state index contributed by atoms with van der Waals surface area (Å²) in [6.45, 7) is 17.4. The number of nitrogens with one attached hydrogen (secondary N) is 3. The van der Waals surface area contributed by atoms with Crippen molar-refractivity contribution in [3.05, 3.63) is 141 Å². The van der Waals surface area contributed by atoms with Crippen LogP contribution in [-0.2, 0) is 78.2 Å². The number of carbonyl (C=O) groups excluding carboxylic acids is 3. The van der Waals surface area contributed by atoms with Gasteiger partial charge in [0.25, 0.3) is 0 Å². The molecular formula is C56H64N7O6Zn-. The molecule has 14 heteroatoms. The summed E-state index contributed by atoms with van der Waals surface area (Å²) in [7, 11) is 2.11. The van der Waals surface area contributed by atoms with Gasteiger partial charge in [0.05, 0.1) is 22.8 Å². The number of carboxylic acids is 1. The first kappa shape index (κ1) is 52.7. The van der Waals surface area contributed by atoms with Gasteiger partial charge in [-0.3, -0.25) is 9.59 Å². The van der Waals surface area contributed by atoms with Gasteiger partial charge in [-0.05, 0) is 122 Å². The minimum Gasteiger partial charge on any atom is -0.657 e. The number of allylic oxidation sites excluding steroid dienone is 4. The summed E-state index contributed by atoms with van der Waals surface area (Å²) in [5.41, 5.74) is 19.5. The third-order valence-corrected chi connectivity index (χ3v) is 13.5. The Kier molecular flexibility index (Phi) is 17.5. The minimum atomic E-state index is -1.07. The van der Waals surface area contributed by atoms with Gasteiger partial charge < -0.3 is 35.3 Å². The number of amides is 3. The maximum Gasteiger partial charge on any atom is 0.408 e. The fraction of sp³-hybridized carbons (Fsp3) is 0.357. The Bertz CT molecular complexity index is 3020. The zero-order valence-electron chi connectivity index (χ0n) is 42.0. The van der Waals surface area contributed by atoms with E-state index in [0.29, 0.717) is 38.8 Å². The van der Waals surface area contributed by atoms with Crippen LogP contribution >= 0.6 is 0 Å². The molecule has 0 aliphatic carbocycles. The fourth-order valence-corrected chi connectivity index (χ4v) is 9.26. The monoisotopic (exact) mass is 994 g/mol. The second kappa shape index (κ2) is 23.3. The third kappa shape index (κ3) is 12.0. The van der Waals surface area contributed by atoms with Crippen LogP contribution in [-0.4, -0.2) is 49.6 Å². The summed E-state index contributed by atoms with van der Waals surface area (Å²) in [6, 6.07) is 24.9. The number of hydrogen-bond donors (Lipinski definition) is 4. The second-order valence-corrected chi connectivity index (χ2v) is 18.3. The van der Waals surface area contributed by atoms with Gasteiger partial charge >= 0.3 is 12.1 Å². The van der Waals surface area contributed by atoms with Gasteiger partial charge in [-0.1, -0.05) is 106 Å². The van der Waals surface area contributed by atoms with Crippen molar-refractivity contribution in [3.63, 3.8) is 0 Å². The summed E-state index contributed by atoms with van der Waals surface area (Å²) in [5, 5.41) is 17.5. The maximum absolute atomic E-state index is 13.3. The topological polar surface area (TPSA) is 179 Å². The van der Waals surface area contributed by atoms with Gasteiger partial charge in [-0.15, -0.1) is 11.0 Å². The van der Waals surface area contributed by atoms with E-state index >= 15 is 0 Å². The number of aryl methyl sites for hydroxylation is 5. The summed E-state index contributed by atoms with van der Waals surface area (Å²) in [4.78, 5) is 64.4. The number of ether oxygens (including phenoxy) is 1. The Labute approximate surface area is 423 Å². The van der Waals surface area contributed by atoms with E-state index in [4.69, 9.17) is 24.8 Å². The molecule has 6 aliphatic heterocycles. The van der Waals surface area contributed by atoms with Gasteiger partial charge in [-0.2, -0.15) is 0 Å². The van der Waals surface area contributed by atoms with Crippen molar-refractivity contribution >= 4 is 68.2 Å². The first-order chi connectivity index (χ1) is 33.1. The standard InChI is InChI=1S/C43H48N6O2.C13H17NO4.Zn/c1-8-30-25(4)36-20-41-33-15-17-43(51)45-23-29-12-10-28(11-13-29)22-44-42(50)16-14-32-26(5)35(18-37(30)48-36)46-38(32)19-34-24(3)31(9-2)39(47-34)21-40(27(33)6)49(41)7;1-9(2)11(12(15)16)14-13(17)18-8-10-6-4-3-5-7-10;/h10-13,18-21H,8-9,14-17,22-23H2,1-7H3,(H3,44,45,46,47,48,50,51);3-7,9,11H,8H2,1-2H3,(H,14,17)(H,15,16);/p-1. The molecule has 13 nitrogen and oxygen atoms in total. The number of aromatic nitrogens is 4. The van der Waals surface area contributed by atoms with Crippen LogP contribution in [0.25, 0.3) is 44.4 Å². The number of aliphatic carboxylic acids is 1. The van der Waals surface area contributed by atoms with E-state index in [0.717, 1.165) is 108 Å². The Morgan fingerprint density at radius 1 is 0.714 bits per heavy atom. The number of carboxylic acid groups (broad SMARTS) is 1. The van der Waals surface area contributed by atoms with E-state index in [1.807, 2.05) is 54.6 Å². The van der Waals surface area contributed by atoms with Crippen LogP contribution < -0.4 is 20.9 Å². The van der Waals surface area contributed by atoms with E-state index in [9.17, 15) is 19.2 Å². The van der Waals surface area contributed by atoms with Crippen LogP contribution in [0.2, 0.25) is 0 Å². The van der Waals surface area contributed by atoms with Crippen LogP contribution in [0.5, 0.6) is 0 Å².